The first-order valence-electron chi connectivity index (χ1n) is 7.70. The van der Waals surface area contributed by atoms with Crippen LogP contribution in [0.15, 0.2) is 0 Å². The van der Waals surface area contributed by atoms with Crippen molar-refractivity contribution in [1.82, 2.24) is 5.32 Å². The van der Waals surface area contributed by atoms with Crippen LogP contribution in [0.25, 0.3) is 0 Å². The Labute approximate surface area is 113 Å². The second kappa shape index (κ2) is 12.9. The van der Waals surface area contributed by atoms with Gasteiger partial charge in [-0.25, -0.2) is 0 Å². The molecule has 3 nitrogen and oxygen atoms in total. The lowest BCUT2D eigenvalue weighted by molar-refractivity contribution is -0.121. The van der Waals surface area contributed by atoms with Gasteiger partial charge in [0.1, 0.15) is 0 Å². The molecule has 0 saturated carbocycles. The number of rotatable bonds is 12. The summed E-state index contributed by atoms with van der Waals surface area (Å²) in [7, 11) is 0. The summed E-state index contributed by atoms with van der Waals surface area (Å²) in [6.45, 7) is 4.99. The number of hydrogen-bond donors (Lipinski definition) is 2. The second-order valence-corrected chi connectivity index (χ2v) is 5.27. The van der Waals surface area contributed by atoms with Crippen LogP contribution in [0.2, 0.25) is 0 Å². The van der Waals surface area contributed by atoms with E-state index in [-0.39, 0.29) is 11.9 Å². The largest absolute Gasteiger partial charge is 0.354 e. The van der Waals surface area contributed by atoms with Crippen LogP contribution in [-0.4, -0.2) is 18.5 Å². The summed E-state index contributed by atoms with van der Waals surface area (Å²) in [6, 6.07) is 0.269. The lowest BCUT2D eigenvalue weighted by atomic mass is 10.1. The van der Waals surface area contributed by atoms with Crippen LogP contribution in [0.4, 0.5) is 0 Å². The van der Waals surface area contributed by atoms with E-state index < -0.39 is 0 Å². The molecule has 0 aliphatic carbocycles. The SMILES string of the molecule is CCCCCCCCCC(=O)NC(C)CCCN. The summed E-state index contributed by atoms with van der Waals surface area (Å²) in [5.74, 6) is 0.202. The molecule has 0 spiro atoms. The molecule has 1 atom stereocenters. The molecule has 0 saturated heterocycles. The van der Waals surface area contributed by atoms with Crippen molar-refractivity contribution in [3.05, 3.63) is 0 Å². The zero-order chi connectivity index (χ0) is 13.6. The molecule has 1 unspecified atom stereocenters. The fraction of sp³-hybridized carbons (Fsp3) is 0.933. The summed E-state index contributed by atoms with van der Waals surface area (Å²) in [6.07, 6.45) is 11.5. The highest BCUT2D eigenvalue weighted by Gasteiger charge is 2.06. The molecule has 18 heavy (non-hydrogen) atoms. The average molecular weight is 256 g/mol. The van der Waals surface area contributed by atoms with Crippen molar-refractivity contribution in [2.24, 2.45) is 5.73 Å². The van der Waals surface area contributed by atoms with Crippen LogP contribution in [-0.2, 0) is 4.79 Å². The highest BCUT2D eigenvalue weighted by Crippen LogP contribution is 2.08. The first kappa shape index (κ1) is 17.4. The lowest BCUT2D eigenvalue weighted by Crippen LogP contribution is -2.32. The lowest BCUT2D eigenvalue weighted by Gasteiger charge is -2.13. The summed E-state index contributed by atoms with van der Waals surface area (Å²) in [5.41, 5.74) is 5.44. The molecular formula is C15H32N2O. The molecule has 108 valence electrons. The third-order valence-electron chi connectivity index (χ3n) is 3.26. The quantitative estimate of drug-likeness (QED) is 0.526. The molecule has 0 rings (SSSR count). The first-order valence-corrected chi connectivity index (χ1v) is 7.70. The van der Waals surface area contributed by atoms with E-state index in [1.165, 1.54) is 38.5 Å². The highest BCUT2D eigenvalue weighted by molar-refractivity contribution is 5.76. The van der Waals surface area contributed by atoms with Gasteiger partial charge >= 0.3 is 0 Å². The number of carbonyl (C=O) groups is 1. The predicted octanol–water partition coefficient (Wildman–Crippen LogP) is 3.37. The Morgan fingerprint density at radius 3 is 2.28 bits per heavy atom. The van der Waals surface area contributed by atoms with Crippen LogP contribution >= 0.6 is 0 Å². The van der Waals surface area contributed by atoms with Gasteiger partial charge in [0, 0.05) is 12.5 Å². The molecule has 0 radical (unpaired) electrons. The molecule has 0 fully saturated rings. The number of unbranched alkanes of at least 4 members (excludes halogenated alkanes) is 6. The van der Waals surface area contributed by atoms with E-state index in [2.05, 4.69) is 19.2 Å². The Bertz CT molecular complexity index is 195. The molecule has 3 N–H and O–H groups in total. The van der Waals surface area contributed by atoms with Crippen LogP contribution in [0.5, 0.6) is 0 Å². The van der Waals surface area contributed by atoms with Gasteiger partial charge < -0.3 is 11.1 Å². The Kier molecular flexibility index (Phi) is 12.5. The highest BCUT2D eigenvalue weighted by atomic mass is 16.1. The fourth-order valence-electron chi connectivity index (χ4n) is 2.09. The van der Waals surface area contributed by atoms with Crippen LogP contribution in [0.1, 0.15) is 78.1 Å². The Morgan fingerprint density at radius 2 is 1.67 bits per heavy atom. The topological polar surface area (TPSA) is 55.1 Å². The summed E-state index contributed by atoms with van der Waals surface area (Å²) >= 11 is 0. The van der Waals surface area contributed by atoms with Crippen molar-refractivity contribution in [3.8, 4) is 0 Å². The Morgan fingerprint density at radius 1 is 1.06 bits per heavy atom. The number of nitrogens with one attached hydrogen (secondary N) is 1. The standard InChI is InChI=1S/C15H32N2O/c1-3-4-5-6-7-8-9-12-15(18)17-14(2)11-10-13-16/h14H,3-13,16H2,1-2H3,(H,17,18). The van der Waals surface area contributed by atoms with E-state index in [1.807, 2.05) is 0 Å². The molecule has 0 bridgehead atoms. The second-order valence-electron chi connectivity index (χ2n) is 5.27. The van der Waals surface area contributed by atoms with E-state index in [0.717, 1.165) is 19.3 Å². The van der Waals surface area contributed by atoms with E-state index >= 15 is 0 Å². The molecule has 0 heterocycles. The normalized spacial score (nSPS) is 12.4. The van der Waals surface area contributed by atoms with Crippen molar-refractivity contribution in [3.63, 3.8) is 0 Å². The molecule has 0 aromatic rings. The minimum atomic E-state index is 0.202. The number of carbonyl (C=O) groups excluding carboxylic acids is 1. The van der Waals surface area contributed by atoms with Crippen LogP contribution in [0, 0.1) is 0 Å². The van der Waals surface area contributed by atoms with Crippen molar-refractivity contribution in [2.75, 3.05) is 6.54 Å². The minimum Gasteiger partial charge on any atom is -0.354 e. The van der Waals surface area contributed by atoms with Gasteiger partial charge in [-0.1, -0.05) is 45.4 Å². The molecule has 3 heteroatoms. The fourth-order valence-corrected chi connectivity index (χ4v) is 2.09. The van der Waals surface area contributed by atoms with Gasteiger partial charge in [-0.2, -0.15) is 0 Å². The van der Waals surface area contributed by atoms with Gasteiger partial charge in [-0.3, -0.25) is 4.79 Å². The van der Waals surface area contributed by atoms with Gasteiger partial charge in [0.2, 0.25) is 5.91 Å². The molecule has 0 aliphatic rings. The molecule has 0 aliphatic heterocycles. The number of hydrogen-bond acceptors (Lipinski definition) is 2. The molecule has 0 aromatic heterocycles. The molecule has 1 amide bonds. The van der Waals surface area contributed by atoms with E-state index in [9.17, 15) is 4.79 Å². The van der Waals surface area contributed by atoms with E-state index in [4.69, 9.17) is 5.73 Å². The third kappa shape index (κ3) is 11.9. The number of amides is 1. The van der Waals surface area contributed by atoms with Crippen LogP contribution in [0.3, 0.4) is 0 Å². The van der Waals surface area contributed by atoms with E-state index in [0.29, 0.717) is 13.0 Å². The van der Waals surface area contributed by atoms with Crippen molar-refractivity contribution in [2.45, 2.75) is 84.1 Å². The summed E-state index contributed by atoms with van der Waals surface area (Å²) < 4.78 is 0. The maximum atomic E-state index is 11.6. The van der Waals surface area contributed by atoms with Crippen molar-refractivity contribution >= 4 is 5.91 Å². The van der Waals surface area contributed by atoms with Crippen molar-refractivity contribution in [1.29, 1.82) is 0 Å². The summed E-state index contributed by atoms with van der Waals surface area (Å²) in [5, 5.41) is 3.03. The maximum Gasteiger partial charge on any atom is 0.220 e. The average Bonchev–Trinajstić information content (AvgIpc) is 2.35. The Balaban J connectivity index is 3.31. The van der Waals surface area contributed by atoms with Crippen molar-refractivity contribution < 1.29 is 4.79 Å². The van der Waals surface area contributed by atoms with Gasteiger partial charge in [-0.05, 0) is 32.7 Å². The summed E-state index contributed by atoms with van der Waals surface area (Å²) in [4.78, 5) is 11.6. The zero-order valence-corrected chi connectivity index (χ0v) is 12.3. The maximum absolute atomic E-state index is 11.6. The number of nitrogens with two attached hydrogens (primary N) is 1. The van der Waals surface area contributed by atoms with Gasteiger partial charge in [0.25, 0.3) is 0 Å². The predicted molar refractivity (Wildman–Crippen MR) is 78.5 cm³/mol. The van der Waals surface area contributed by atoms with Gasteiger partial charge in [0.15, 0.2) is 0 Å². The van der Waals surface area contributed by atoms with Crippen LogP contribution < -0.4 is 11.1 Å². The Hall–Kier alpha value is -0.570. The minimum absolute atomic E-state index is 0.202. The monoisotopic (exact) mass is 256 g/mol. The third-order valence-corrected chi connectivity index (χ3v) is 3.26. The first-order chi connectivity index (χ1) is 8.70. The smallest absolute Gasteiger partial charge is 0.220 e. The molecular weight excluding hydrogens is 224 g/mol. The molecule has 0 aromatic carbocycles. The van der Waals surface area contributed by atoms with Gasteiger partial charge in [0.05, 0.1) is 0 Å². The zero-order valence-electron chi connectivity index (χ0n) is 12.3. The van der Waals surface area contributed by atoms with E-state index in [1.54, 1.807) is 0 Å². The van der Waals surface area contributed by atoms with Gasteiger partial charge in [-0.15, -0.1) is 0 Å².